The zero-order valence-electron chi connectivity index (χ0n) is 18.9. The van der Waals surface area contributed by atoms with Crippen LogP contribution in [0.5, 0.6) is 5.75 Å². The highest BCUT2D eigenvalue weighted by Crippen LogP contribution is 2.34. The van der Waals surface area contributed by atoms with Gasteiger partial charge in [0.05, 0.1) is 17.3 Å². The minimum absolute atomic E-state index is 0.0271. The van der Waals surface area contributed by atoms with Gasteiger partial charge in [0.25, 0.3) is 5.56 Å². The van der Waals surface area contributed by atoms with Crippen LogP contribution in [0.3, 0.4) is 0 Å². The molecule has 1 N–H and O–H groups in total. The minimum Gasteiger partial charge on any atom is -0.507 e. The van der Waals surface area contributed by atoms with Gasteiger partial charge in [-0.1, -0.05) is 42.0 Å². The Kier molecular flexibility index (Phi) is 6.33. The number of aryl methyl sites for hydroxylation is 2. The van der Waals surface area contributed by atoms with Crippen LogP contribution in [0, 0.1) is 19.7 Å². The van der Waals surface area contributed by atoms with Gasteiger partial charge in [-0.05, 0) is 44.5 Å². The first-order valence-electron chi connectivity index (χ1n) is 11.1. The van der Waals surface area contributed by atoms with E-state index >= 15 is 0 Å². The van der Waals surface area contributed by atoms with E-state index in [1.54, 1.807) is 22.8 Å². The van der Waals surface area contributed by atoms with E-state index in [-0.39, 0.29) is 23.2 Å². The fraction of sp³-hybridized carbons (Fsp3) is 0.346. The van der Waals surface area contributed by atoms with Crippen LogP contribution in [0.1, 0.15) is 35.3 Å². The number of benzene rings is 2. The molecule has 1 aliphatic rings. The molecule has 2 aromatic carbocycles. The van der Waals surface area contributed by atoms with Crippen molar-refractivity contribution in [2.24, 2.45) is 0 Å². The number of anilines is 1. The molecule has 5 nitrogen and oxygen atoms in total. The largest absolute Gasteiger partial charge is 0.507 e. The van der Waals surface area contributed by atoms with E-state index in [4.69, 9.17) is 0 Å². The number of hydrogen-bond donors (Lipinski definition) is 1. The van der Waals surface area contributed by atoms with E-state index in [2.05, 4.69) is 4.90 Å². The van der Waals surface area contributed by atoms with Crippen molar-refractivity contribution in [3.63, 3.8) is 0 Å². The fourth-order valence-electron chi connectivity index (χ4n) is 4.66. The molecule has 3 aromatic rings. The molecule has 2 heterocycles. The first-order valence-corrected chi connectivity index (χ1v) is 11.1. The smallest absolute Gasteiger partial charge is 0.259 e. The van der Waals surface area contributed by atoms with Gasteiger partial charge < -0.3 is 14.6 Å². The molecule has 6 heteroatoms. The van der Waals surface area contributed by atoms with Crippen molar-refractivity contribution in [3.05, 3.63) is 93.2 Å². The first-order chi connectivity index (χ1) is 15.4. The molecule has 1 aliphatic heterocycles. The van der Waals surface area contributed by atoms with Crippen LogP contribution in [0.15, 0.2) is 59.4 Å². The van der Waals surface area contributed by atoms with Crippen LogP contribution in [0.25, 0.3) is 0 Å². The quantitative estimate of drug-likeness (QED) is 0.651. The lowest BCUT2D eigenvalue weighted by molar-refractivity contribution is 0.207. The van der Waals surface area contributed by atoms with Crippen LogP contribution < -0.4 is 10.5 Å². The molecule has 0 aliphatic carbocycles. The average Bonchev–Trinajstić information content (AvgIpc) is 2.78. The summed E-state index contributed by atoms with van der Waals surface area (Å²) >= 11 is 0. The molecule has 0 radical (unpaired) electrons. The Morgan fingerprint density at radius 2 is 1.66 bits per heavy atom. The Hall–Kier alpha value is -3.12. The molecule has 0 bridgehead atoms. The molecule has 1 fully saturated rings. The number of hydrogen-bond acceptors (Lipinski definition) is 4. The highest BCUT2D eigenvalue weighted by atomic mass is 19.1. The Morgan fingerprint density at radius 1 is 1.00 bits per heavy atom. The summed E-state index contributed by atoms with van der Waals surface area (Å²) in [4.78, 5) is 17.7. The predicted octanol–water partition coefficient (Wildman–Crippen LogP) is 4.24. The zero-order valence-corrected chi connectivity index (χ0v) is 18.9. The summed E-state index contributed by atoms with van der Waals surface area (Å²) in [6, 6.07) is 16.2. The molecule has 32 heavy (non-hydrogen) atoms. The van der Waals surface area contributed by atoms with Gasteiger partial charge in [0.2, 0.25) is 0 Å². The summed E-state index contributed by atoms with van der Waals surface area (Å²) in [5.74, 6) is -0.197. The number of piperazine rings is 1. The van der Waals surface area contributed by atoms with Gasteiger partial charge in [0.15, 0.2) is 0 Å². The van der Waals surface area contributed by atoms with Gasteiger partial charge in [0, 0.05) is 38.4 Å². The standard InChI is InChI=1S/C26H30FN3O2/c1-4-30-19(3)17-23(31)24(26(30)32)25(20-11-9-18(2)10-12-20)29-15-13-28(14-16-29)22-8-6-5-7-21(22)27/h5-12,17,25,31H,4,13-16H2,1-3H3/t25-/m1/s1. The van der Waals surface area contributed by atoms with Crippen LogP contribution >= 0.6 is 0 Å². The molecule has 4 rings (SSSR count). The van der Waals surface area contributed by atoms with Crippen molar-refractivity contribution < 1.29 is 9.50 Å². The maximum atomic E-state index is 14.3. The van der Waals surface area contributed by atoms with Gasteiger partial charge >= 0.3 is 0 Å². The highest BCUT2D eigenvalue weighted by Gasteiger charge is 2.31. The molecule has 1 atom stereocenters. The normalized spacial score (nSPS) is 15.7. The molecule has 0 spiro atoms. The topological polar surface area (TPSA) is 48.7 Å². The van der Waals surface area contributed by atoms with Gasteiger partial charge in [-0.3, -0.25) is 9.69 Å². The van der Waals surface area contributed by atoms with Gasteiger partial charge in [0.1, 0.15) is 11.6 Å². The second-order valence-corrected chi connectivity index (χ2v) is 8.42. The van der Waals surface area contributed by atoms with Crippen molar-refractivity contribution in [2.75, 3.05) is 31.1 Å². The fourth-order valence-corrected chi connectivity index (χ4v) is 4.66. The van der Waals surface area contributed by atoms with E-state index in [1.807, 2.05) is 56.0 Å². The van der Waals surface area contributed by atoms with E-state index in [0.29, 0.717) is 44.0 Å². The molecule has 168 valence electrons. The number of aromatic nitrogens is 1. The molecule has 1 saturated heterocycles. The molecule has 0 saturated carbocycles. The van der Waals surface area contributed by atoms with E-state index in [9.17, 15) is 14.3 Å². The van der Waals surface area contributed by atoms with Gasteiger partial charge in [-0.2, -0.15) is 0 Å². The van der Waals surface area contributed by atoms with E-state index < -0.39 is 0 Å². The third-order valence-electron chi connectivity index (χ3n) is 6.38. The number of aromatic hydroxyl groups is 1. The second-order valence-electron chi connectivity index (χ2n) is 8.42. The number of halogens is 1. The summed E-state index contributed by atoms with van der Waals surface area (Å²) in [6.45, 7) is 8.90. The van der Waals surface area contributed by atoms with Crippen LogP contribution in [0.4, 0.5) is 10.1 Å². The Labute approximate surface area is 188 Å². The molecular weight excluding hydrogens is 405 g/mol. The van der Waals surface area contributed by atoms with Crippen molar-refractivity contribution in [2.45, 2.75) is 33.4 Å². The summed E-state index contributed by atoms with van der Waals surface area (Å²) in [7, 11) is 0. The maximum absolute atomic E-state index is 14.3. The lowest BCUT2D eigenvalue weighted by atomic mass is 9.95. The van der Waals surface area contributed by atoms with E-state index in [1.165, 1.54) is 6.07 Å². The SMILES string of the molecule is CCn1c(C)cc(O)c([C@@H](c2ccc(C)cc2)N2CCN(c3ccccc3F)CC2)c1=O. The average molecular weight is 436 g/mol. The van der Waals surface area contributed by atoms with Crippen LogP contribution in [-0.4, -0.2) is 40.8 Å². The van der Waals surface area contributed by atoms with Crippen molar-refractivity contribution in [1.29, 1.82) is 0 Å². The summed E-state index contributed by atoms with van der Waals surface area (Å²) < 4.78 is 16.0. The Morgan fingerprint density at radius 3 is 2.28 bits per heavy atom. The Bertz CT molecular complexity index is 1150. The molecule has 1 aromatic heterocycles. The molecule has 0 amide bonds. The molecular formula is C26H30FN3O2. The molecule has 0 unspecified atom stereocenters. The second kappa shape index (κ2) is 9.17. The van der Waals surface area contributed by atoms with Gasteiger partial charge in [-0.25, -0.2) is 4.39 Å². The van der Waals surface area contributed by atoms with Gasteiger partial charge in [-0.15, -0.1) is 0 Å². The monoisotopic (exact) mass is 435 g/mol. The summed E-state index contributed by atoms with van der Waals surface area (Å²) in [6.07, 6.45) is 0. The van der Waals surface area contributed by atoms with Crippen molar-refractivity contribution >= 4 is 5.69 Å². The maximum Gasteiger partial charge on any atom is 0.259 e. The number of nitrogens with zero attached hydrogens (tertiary/aromatic N) is 3. The summed E-state index contributed by atoms with van der Waals surface area (Å²) in [5, 5.41) is 10.9. The highest BCUT2D eigenvalue weighted by molar-refractivity contribution is 5.48. The lowest BCUT2D eigenvalue weighted by Gasteiger charge is -2.40. The first kappa shape index (κ1) is 22.1. The third-order valence-corrected chi connectivity index (χ3v) is 6.38. The summed E-state index contributed by atoms with van der Waals surface area (Å²) in [5.41, 5.74) is 3.69. The number of rotatable bonds is 5. The van der Waals surface area contributed by atoms with Crippen molar-refractivity contribution in [3.8, 4) is 5.75 Å². The predicted molar refractivity (Wildman–Crippen MR) is 126 cm³/mol. The van der Waals surface area contributed by atoms with E-state index in [0.717, 1.165) is 16.8 Å². The van der Waals surface area contributed by atoms with Crippen LogP contribution in [-0.2, 0) is 6.54 Å². The number of para-hydroxylation sites is 1. The third kappa shape index (κ3) is 4.15. The minimum atomic E-state index is -0.371. The van der Waals surface area contributed by atoms with Crippen molar-refractivity contribution in [1.82, 2.24) is 9.47 Å². The Balaban J connectivity index is 1.72. The number of pyridine rings is 1. The lowest BCUT2D eigenvalue weighted by Crippen LogP contribution is -2.49. The van der Waals surface area contributed by atoms with Crippen LogP contribution in [0.2, 0.25) is 0 Å². The zero-order chi connectivity index (χ0) is 22.8.